The summed E-state index contributed by atoms with van der Waals surface area (Å²) in [4.78, 5) is 24.4. The van der Waals surface area contributed by atoms with E-state index >= 15 is 0 Å². The third-order valence-electron chi connectivity index (χ3n) is 2.31. The normalized spacial score (nSPS) is 19.1. The molecular weight excluding hydrogens is 238 g/mol. The number of ketones is 1. The van der Waals surface area contributed by atoms with E-state index in [9.17, 15) is 9.59 Å². The first kappa shape index (κ1) is 11.7. The SMILES string of the molecule is O=C(O)CN1C=CSC(C2=CC=CC(=O)C2)=C1. The Morgan fingerprint density at radius 1 is 1.53 bits per heavy atom. The van der Waals surface area contributed by atoms with Crippen LogP contribution in [0.3, 0.4) is 0 Å². The van der Waals surface area contributed by atoms with Crippen molar-refractivity contribution in [1.82, 2.24) is 4.90 Å². The van der Waals surface area contributed by atoms with Crippen molar-refractivity contribution in [2.24, 2.45) is 0 Å². The van der Waals surface area contributed by atoms with Crippen LogP contribution in [-0.4, -0.2) is 28.3 Å². The van der Waals surface area contributed by atoms with Crippen LogP contribution >= 0.6 is 11.8 Å². The fourth-order valence-corrected chi connectivity index (χ4v) is 2.42. The quantitative estimate of drug-likeness (QED) is 0.827. The summed E-state index contributed by atoms with van der Waals surface area (Å²) in [5.74, 6) is -0.811. The van der Waals surface area contributed by atoms with Crippen molar-refractivity contribution in [2.45, 2.75) is 6.42 Å². The Balaban J connectivity index is 2.13. The van der Waals surface area contributed by atoms with E-state index in [4.69, 9.17) is 5.11 Å². The van der Waals surface area contributed by atoms with Gasteiger partial charge in [0.05, 0.1) is 0 Å². The van der Waals surface area contributed by atoms with E-state index in [0.29, 0.717) is 6.42 Å². The molecule has 1 aliphatic heterocycles. The number of allylic oxidation sites excluding steroid dienone is 4. The Morgan fingerprint density at radius 3 is 3.06 bits per heavy atom. The minimum atomic E-state index is -0.884. The average molecular weight is 249 g/mol. The maximum atomic E-state index is 11.3. The summed E-state index contributed by atoms with van der Waals surface area (Å²) in [5, 5.41) is 10.5. The highest BCUT2D eigenvalue weighted by molar-refractivity contribution is 8.06. The van der Waals surface area contributed by atoms with Crippen LogP contribution in [0.1, 0.15) is 6.42 Å². The molecule has 0 bridgehead atoms. The first-order chi connectivity index (χ1) is 8.15. The first-order valence-electron chi connectivity index (χ1n) is 5.08. The Bertz CT molecular complexity index is 474. The number of rotatable bonds is 3. The summed E-state index contributed by atoms with van der Waals surface area (Å²) in [7, 11) is 0. The number of nitrogens with zero attached hydrogens (tertiary/aromatic N) is 1. The van der Waals surface area contributed by atoms with Gasteiger partial charge in [0.25, 0.3) is 0 Å². The molecule has 5 heteroatoms. The Kier molecular flexibility index (Phi) is 3.49. The number of carboxylic acids is 1. The smallest absolute Gasteiger partial charge is 0.323 e. The van der Waals surface area contributed by atoms with Gasteiger partial charge in [0.1, 0.15) is 6.54 Å². The van der Waals surface area contributed by atoms with Gasteiger partial charge >= 0.3 is 5.97 Å². The summed E-state index contributed by atoms with van der Waals surface area (Å²) < 4.78 is 0. The fraction of sp³-hybridized carbons (Fsp3) is 0.167. The van der Waals surface area contributed by atoms with Gasteiger partial charge in [-0.3, -0.25) is 9.59 Å². The maximum Gasteiger partial charge on any atom is 0.323 e. The van der Waals surface area contributed by atoms with Crippen LogP contribution in [0.2, 0.25) is 0 Å². The fourth-order valence-electron chi connectivity index (χ4n) is 1.57. The van der Waals surface area contributed by atoms with Crippen molar-refractivity contribution >= 4 is 23.5 Å². The van der Waals surface area contributed by atoms with Gasteiger partial charge in [0.2, 0.25) is 0 Å². The largest absolute Gasteiger partial charge is 0.480 e. The summed E-state index contributed by atoms with van der Waals surface area (Å²) in [6.45, 7) is -0.0718. The summed E-state index contributed by atoms with van der Waals surface area (Å²) in [5.41, 5.74) is 0.933. The molecule has 0 fully saturated rings. The van der Waals surface area contributed by atoms with E-state index < -0.39 is 5.97 Å². The predicted octanol–water partition coefficient (Wildman–Crippen LogP) is 1.89. The maximum absolute atomic E-state index is 11.3. The molecular formula is C12H11NO3S. The number of thioether (sulfide) groups is 1. The van der Waals surface area contributed by atoms with Crippen molar-refractivity contribution in [3.8, 4) is 0 Å². The Labute approximate surface area is 103 Å². The van der Waals surface area contributed by atoms with E-state index in [1.807, 2.05) is 11.5 Å². The van der Waals surface area contributed by atoms with Crippen molar-refractivity contribution in [3.05, 3.63) is 46.5 Å². The number of aliphatic carboxylic acids is 1. The molecule has 0 unspecified atom stereocenters. The third-order valence-corrected chi connectivity index (χ3v) is 3.19. The number of carboxylic acid groups (broad SMARTS) is 1. The van der Waals surface area contributed by atoms with Gasteiger partial charge in [-0.25, -0.2) is 0 Å². The summed E-state index contributed by atoms with van der Waals surface area (Å²) in [6.07, 6.45) is 9.01. The van der Waals surface area contributed by atoms with Crippen LogP contribution in [0.5, 0.6) is 0 Å². The lowest BCUT2D eigenvalue weighted by Gasteiger charge is -2.20. The second kappa shape index (κ2) is 5.05. The average Bonchev–Trinajstić information content (AvgIpc) is 2.28. The lowest BCUT2D eigenvalue weighted by molar-refractivity contribution is -0.137. The lowest BCUT2D eigenvalue weighted by atomic mass is 10.0. The van der Waals surface area contributed by atoms with E-state index in [1.165, 1.54) is 11.8 Å². The molecule has 0 radical (unpaired) electrons. The van der Waals surface area contributed by atoms with Crippen LogP contribution in [0, 0.1) is 0 Å². The topological polar surface area (TPSA) is 57.6 Å². The number of carbonyl (C=O) groups excluding carboxylic acids is 1. The molecule has 0 aromatic heterocycles. The van der Waals surface area contributed by atoms with Crippen molar-refractivity contribution < 1.29 is 14.7 Å². The highest BCUT2D eigenvalue weighted by atomic mass is 32.2. The molecule has 1 heterocycles. The monoisotopic (exact) mass is 249 g/mol. The summed E-state index contributed by atoms with van der Waals surface area (Å²) in [6, 6.07) is 0. The van der Waals surface area contributed by atoms with Crippen LogP contribution in [-0.2, 0) is 9.59 Å². The van der Waals surface area contributed by atoms with Crippen LogP contribution in [0.25, 0.3) is 0 Å². The van der Waals surface area contributed by atoms with Gasteiger partial charge in [-0.1, -0.05) is 23.9 Å². The zero-order chi connectivity index (χ0) is 12.3. The standard InChI is InChI=1S/C12H11NO3S/c14-10-3-1-2-9(6-10)11-7-13(4-5-17-11)8-12(15)16/h1-5,7H,6,8H2,(H,15,16). The predicted molar refractivity (Wildman–Crippen MR) is 66.0 cm³/mol. The number of carbonyl (C=O) groups is 2. The van der Waals surface area contributed by atoms with E-state index in [-0.39, 0.29) is 12.3 Å². The number of hydrogen-bond donors (Lipinski definition) is 1. The summed E-state index contributed by atoms with van der Waals surface area (Å²) >= 11 is 1.49. The molecule has 0 atom stereocenters. The van der Waals surface area contributed by atoms with Gasteiger partial charge in [-0.15, -0.1) is 0 Å². The molecule has 1 aliphatic carbocycles. The van der Waals surface area contributed by atoms with Gasteiger partial charge in [-0.2, -0.15) is 0 Å². The van der Waals surface area contributed by atoms with Crippen molar-refractivity contribution in [1.29, 1.82) is 0 Å². The molecule has 1 N–H and O–H groups in total. The second-order valence-electron chi connectivity index (χ2n) is 3.66. The molecule has 0 spiro atoms. The number of hydrogen-bond acceptors (Lipinski definition) is 4. The van der Waals surface area contributed by atoms with E-state index in [1.54, 1.807) is 29.5 Å². The van der Waals surface area contributed by atoms with Crippen molar-refractivity contribution in [2.75, 3.05) is 6.54 Å². The minimum Gasteiger partial charge on any atom is -0.480 e. The van der Waals surface area contributed by atoms with E-state index in [0.717, 1.165) is 10.5 Å². The third kappa shape index (κ3) is 3.10. The zero-order valence-corrected chi connectivity index (χ0v) is 9.81. The van der Waals surface area contributed by atoms with Gasteiger partial charge in [-0.05, 0) is 17.1 Å². The molecule has 0 saturated carbocycles. The Morgan fingerprint density at radius 2 is 2.35 bits per heavy atom. The van der Waals surface area contributed by atoms with Crippen molar-refractivity contribution in [3.63, 3.8) is 0 Å². The second-order valence-corrected chi connectivity index (χ2v) is 4.60. The van der Waals surface area contributed by atoms with Gasteiger partial charge < -0.3 is 10.0 Å². The van der Waals surface area contributed by atoms with Gasteiger partial charge in [0, 0.05) is 23.7 Å². The van der Waals surface area contributed by atoms with E-state index in [2.05, 4.69) is 0 Å². The zero-order valence-electron chi connectivity index (χ0n) is 9.00. The first-order valence-corrected chi connectivity index (χ1v) is 5.96. The molecule has 4 nitrogen and oxygen atoms in total. The molecule has 2 rings (SSSR count). The molecule has 0 aromatic carbocycles. The lowest BCUT2D eigenvalue weighted by Crippen LogP contribution is -2.21. The molecule has 0 saturated heterocycles. The highest BCUT2D eigenvalue weighted by Crippen LogP contribution is 2.32. The molecule has 0 aromatic rings. The molecule has 88 valence electrons. The Hall–Kier alpha value is -1.75. The van der Waals surface area contributed by atoms with Crippen LogP contribution < -0.4 is 0 Å². The highest BCUT2D eigenvalue weighted by Gasteiger charge is 2.15. The minimum absolute atomic E-state index is 0.0718. The van der Waals surface area contributed by atoms with Crippen LogP contribution in [0.15, 0.2) is 46.5 Å². The van der Waals surface area contributed by atoms with Crippen LogP contribution in [0.4, 0.5) is 0 Å². The molecule has 17 heavy (non-hydrogen) atoms. The van der Waals surface area contributed by atoms with Gasteiger partial charge in [0.15, 0.2) is 5.78 Å². The molecule has 2 aliphatic rings. The molecule has 0 amide bonds.